The minimum Gasteiger partial charge on any atom is -0.362 e. The Morgan fingerprint density at radius 3 is 2.70 bits per heavy atom. The second-order valence-corrected chi connectivity index (χ2v) is 5.50. The summed E-state index contributed by atoms with van der Waals surface area (Å²) < 4.78 is 38.6. The van der Waals surface area contributed by atoms with Crippen LogP contribution in [0.3, 0.4) is 0 Å². The van der Waals surface area contributed by atoms with Crippen molar-refractivity contribution in [3.8, 4) is 0 Å². The third-order valence-corrected chi connectivity index (χ3v) is 3.41. The first-order valence-electron chi connectivity index (χ1n) is 6.68. The Bertz CT molecular complexity index is 692. The van der Waals surface area contributed by atoms with Gasteiger partial charge < -0.3 is 10.6 Å². The normalized spacial score (nSPS) is 11.1. The Hall–Kier alpha value is -1.86. The standard InChI is InChI=1S/C15H13ClF3N3S/c16-11-4-1-3-10(9-11)6-8-21-14(23)22-13-12(15(17,18)19)5-2-7-20-13/h1-5,7,9H,6,8H2,(H2,20,21,22,23). The summed E-state index contributed by atoms with van der Waals surface area (Å²) in [5.74, 6) is -0.319. The molecule has 0 aliphatic heterocycles. The first-order chi connectivity index (χ1) is 10.9. The zero-order chi connectivity index (χ0) is 16.9. The summed E-state index contributed by atoms with van der Waals surface area (Å²) in [7, 11) is 0. The fourth-order valence-corrected chi connectivity index (χ4v) is 2.31. The molecule has 23 heavy (non-hydrogen) atoms. The third-order valence-electron chi connectivity index (χ3n) is 2.93. The van der Waals surface area contributed by atoms with Gasteiger partial charge in [0.2, 0.25) is 0 Å². The highest BCUT2D eigenvalue weighted by atomic mass is 35.5. The quantitative estimate of drug-likeness (QED) is 0.799. The van der Waals surface area contributed by atoms with Gasteiger partial charge in [0.1, 0.15) is 5.82 Å². The molecule has 2 rings (SSSR count). The third kappa shape index (κ3) is 5.37. The Morgan fingerprint density at radius 2 is 2.00 bits per heavy atom. The van der Waals surface area contributed by atoms with Gasteiger partial charge in [0.15, 0.2) is 5.11 Å². The summed E-state index contributed by atoms with van der Waals surface area (Å²) in [6.45, 7) is 0.459. The maximum Gasteiger partial charge on any atom is 0.419 e. The molecular formula is C15H13ClF3N3S. The van der Waals surface area contributed by atoms with E-state index in [-0.39, 0.29) is 10.9 Å². The van der Waals surface area contributed by atoms with Crippen molar-refractivity contribution < 1.29 is 13.2 Å². The van der Waals surface area contributed by atoms with E-state index in [4.69, 9.17) is 23.8 Å². The molecule has 0 saturated heterocycles. The van der Waals surface area contributed by atoms with E-state index < -0.39 is 11.7 Å². The molecule has 2 aromatic rings. The van der Waals surface area contributed by atoms with Crippen LogP contribution in [0.4, 0.5) is 19.0 Å². The number of anilines is 1. The van der Waals surface area contributed by atoms with E-state index in [1.165, 1.54) is 12.3 Å². The van der Waals surface area contributed by atoms with E-state index in [2.05, 4.69) is 15.6 Å². The summed E-state index contributed by atoms with van der Waals surface area (Å²) in [5, 5.41) is 6.04. The van der Waals surface area contributed by atoms with Crippen molar-refractivity contribution in [2.75, 3.05) is 11.9 Å². The van der Waals surface area contributed by atoms with Crippen molar-refractivity contribution in [1.29, 1.82) is 0 Å². The van der Waals surface area contributed by atoms with Crippen molar-refractivity contribution >= 4 is 34.7 Å². The molecular weight excluding hydrogens is 347 g/mol. The Balaban J connectivity index is 1.91. The minimum absolute atomic E-state index is 0.0798. The number of thiocarbonyl (C=S) groups is 1. The van der Waals surface area contributed by atoms with E-state index in [0.29, 0.717) is 18.0 Å². The Kier molecular flexibility index (Phi) is 5.79. The van der Waals surface area contributed by atoms with E-state index in [1.807, 2.05) is 18.2 Å². The van der Waals surface area contributed by atoms with Crippen LogP contribution >= 0.6 is 23.8 Å². The van der Waals surface area contributed by atoms with Gasteiger partial charge in [-0.2, -0.15) is 13.2 Å². The molecule has 3 nitrogen and oxygen atoms in total. The monoisotopic (exact) mass is 359 g/mol. The Morgan fingerprint density at radius 1 is 1.22 bits per heavy atom. The highest BCUT2D eigenvalue weighted by Crippen LogP contribution is 2.33. The van der Waals surface area contributed by atoms with E-state index in [0.717, 1.165) is 11.6 Å². The average molecular weight is 360 g/mol. The van der Waals surface area contributed by atoms with Crippen LogP contribution in [0.15, 0.2) is 42.6 Å². The van der Waals surface area contributed by atoms with Crippen molar-refractivity contribution in [1.82, 2.24) is 10.3 Å². The smallest absolute Gasteiger partial charge is 0.362 e. The van der Waals surface area contributed by atoms with Gasteiger partial charge in [-0.15, -0.1) is 0 Å². The second-order valence-electron chi connectivity index (χ2n) is 4.66. The van der Waals surface area contributed by atoms with Crippen LogP contribution in [-0.2, 0) is 12.6 Å². The molecule has 0 fully saturated rings. The number of nitrogens with zero attached hydrogens (tertiary/aromatic N) is 1. The lowest BCUT2D eigenvalue weighted by atomic mass is 10.1. The van der Waals surface area contributed by atoms with Gasteiger partial charge in [-0.25, -0.2) is 4.98 Å². The molecule has 1 aromatic heterocycles. The average Bonchev–Trinajstić information content (AvgIpc) is 2.47. The molecule has 0 amide bonds. The largest absolute Gasteiger partial charge is 0.419 e. The molecule has 0 spiro atoms. The van der Waals surface area contributed by atoms with Gasteiger partial charge >= 0.3 is 6.18 Å². The number of pyridine rings is 1. The molecule has 0 aliphatic carbocycles. The Labute approximate surface area is 141 Å². The lowest BCUT2D eigenvalue weighted by molar-refractivity contribution is -0.137. The van der Waals surface area contributed by atoms with Crippen molar-refractivity contribution in [2.45, 2.75) is 12.6 Å². The molecule has 0 aliphatic rings. The topological polar surface area (TPSA) is 37.0 Å². The number of benzene rings is 1. The molecule has 122 valence electrons. The molecule has 0 atom stereocenters. The van der Waals surface area contributed by atoms with E-state index >= 15 is 0 Å². The highest BCUT2D eigenvalue weighted by molar-refractivity contribution is 7.80. The summed E-state index contributed by atoms with van der Waals surface area (Å²) >= 11 is 10.9. The number of alkyl halides is 3. The molecule has 0 bridgehead atoms. The predicted molar refractivity (Wildman–Crippen MR) is 88.6 cm³/mol. The summed E-state index contributed by atoms with van der Waals surface area (Å²) in [6, 6.07) is 9.50. The maximum absolute atomic E-state index is 12.9. The van der Waals surface area contributed by atoms with Gasteiger partial charge in [-0.3, -0.25) is 0 Å². The van der Waals surface area contributed by atoms with Gasteiger partial charge in [-0.05, 0) is 48.5 Å². The van der Waals surface area contributed by atoms with Crippen molar-refractivity contribution in [3.05, 3.63) is 58.7 Å². The lowest BCUT2D eigenvalue weighted by Crippen LogP contribution is -2.31. The maximum atomic E-state index is 12.9. The zero-order valence-corrected chi connectivity index (χ0v) is 13.4. The lowest BCUT2D eigenvalue weighted by Gasteiger charge is -2.14. The first kappa shape index (κ1) is 17.5. The van der Waals surface area contributed by atoms with Crippen LogP contribution in [0.25, 0.3) is 0 Å². The molecule has 0 saturated carbocycles. The summed E-state index contributed by atoms with van der Waals surface area (Å²) in [6.07, 6.45) is -2.59. The predicted octanol–water partition coefficient (Wildman–Crippen LogP) is 4.28. The van der Waals surface area contributed by atoms with Crippen LogP contribution in [0.1, 0.15) is 11.1 Å². The number of nitrogens with one attached hydrogen (secondary N) is 2. The number of hydrogen-bond donors (Lipinski definition) is 2. The highest BCUT2D eigenvalue weighted by Gasteiger charge is 2.34. The molecule has 8 heteroatoms. The van der Waals surface area contributed by atoms with E-state index in [9.17, 15) is 13.2 Å². The number of rotatable bonds is 4. The first-order valence-corrected chi connectivity index (χ1v) is 7.46. The zero-order valence-electron chi connectivity index (χ0n) is 11.8. The molecule has 0 unspecified atom stereocenters. The van der Waals surface area contributed by atoms with Crippen LogP contribution in [0, 0.1) is 0 Å². The SMILES string of the molecule is FC(F)(F)c1cccnc1NC(=S)NCCc1cccc(Cl)c1. The molecule has 1 heterocycles. The van der Waals surface area contributed by atoms with Crippen LogP contribution < -0.4 is 10.6 Å². The number of hydrogen-bond acceptors (Lipinski definition) is 2. The molecule has 0 radical (unpaired) electrons. The number of halogens is 4. The van der Waals surface area contributed by atoms with Crippen molar-refractivity contribution in [2.24, 2.45) is 0 Å². The second kappa shape index (κ2) is 7.61. The fourth-order valence-electron chi connectivity index (χ4n) is 1.90. The fraction of sp³-hybridized carbons (Fsp3) is 0.200. The minimum atomic E-state index is -4.49. The van der Waals surface area contributed by atoms with Crippen LogP contribution in [0.5, 0.6) is 0 Å². The summed E-state index contributed by atoms with van der Waals surface area (Å²) in [5.41, 5.74) is 0.139. The van der Waals surface area contributed by atoms with Crippen LogP contribution in [0.2, 0.25) is 5.02 Å². The van der Waals surface area contributed by atoms with Gasteiger partial charge in [0.25, 0.3) is 0 Å². The van der Waals surface area contributed by atoms with Crippen molar-refractivity contribution in [3.63, 3.8) is 0 Å². The molecule has 2 N–H and O–H groups in total. The van der Waals surface area contributed by atoms with Gasteiger partial charge in [0, 0.05) is 17.8 Å². The number of aromatic nitrogens is 1. The van der Waals surface area contributed by atoms with Crippen LogP contribution in [-0.4, -0.2) is 16.6 Å². The molecule has 1 aromatic carbocycles. The van der Waals surface area contributed by atoms with E-state index in [1.54, 1.807) is 6.07 Å². The van der Waals surface area contributed by atoms with Gasteiger partial charge in [-0.1, -0.05) is 23.7 Å². The summed E-state index contributed by atoms with van der Waals surface area (Å²) in [4.78, 5) is 3.69. The van der Waals surface area contributed by atoms with Gasteiger partial charge in [0.05, 0.1) is 5.56 Å².